The Hall–Kier alpha value is -2.49. The van der Waals surface area contributed by atoms with Crippen molar-refractivity contribution >= 4 is 35.6 Å². The maximum atomic E-state index is 13.2. The van der Waals surface area contributed by atoms with E-state index in [1.54, 1.807) is 7.11 Å². The molecule has 23 heteroatoms. The molecule has 2 heterocycles. The number of thioether (sulfide) groups is 1. The molecular formula is C38H70N4O18S. The first-order valence-electron chi connectivity index (χ1n) is 20.3. The number of aliphatic hydroxyl groups is 6. The molecule has 0 aromatic carbocycles. The molecule has 4 amide bonds. The van der Waals surface area contributed by atoms with Gasteiger partial charge in [0.2, 0.25) is 17.7 Å². The van der Waals surface area contributed by atoms with Crippen LogP contribution in [-0.2, 0) is 52.3 Å². The van der Waals surface area contributed by atoms with E-state index in [1.165, 1.54) is 32.7 Å². The smallest absolute Gasteiger partial charge is 0.407 e. The van der Waals surface area contributed by atoms with E-state index < -0.39 is 117 Å². The van der Waals surface area contributed by atoms with Crippen LogP contribution >= 0.6 is 11.8 Å². The molecular weight excluding hydrogens is 832 g/mol. The lowest BCUT2D eigenvalue weighted by atomic mass is 9.89. The zero-order valence-electron chi connectivity index (χ0n) is 36.4. The molecule has 2 aliphatic rings. The molecule has 0 saturated carbocycles. The maximum absolute atomic E-state index is 13.2. The molecule has 10 N–H and O–H groups in total. The van der Waals surface area contributed by atoms with Crippen molar-refractivity contribution in [2.45, 2.75) is 127 Å². The number of hydrogen-bond donors (Lipinski definition) is 10. The van der Waals surface area contributed by atoms with Gasteiger partial charge in [-0.15, -0.1) is 0 Å². The second-order valence-corrected chi connectivity index (χ2v) is 16.8. The molecule has 2 rings (SSSR count). The molecule has 4 unspecified atom stereocenters. The van der Waals surface area contributed by atoms with Crippen molar-refractivity contribution in [3.63, 3.8) is 0 Å². The fraction of sp³-hybridized carbons (Fsp3) is 0.895. The summed E-state index contributed by atoms with van der Waals surface area (Å²) in [7, 11) is 2.97. The molecule has 0 aliphatic carbocycles. The topological polar surface area (TPSA) is 312 Å². The van der Waals surface area contributed by atoms with Gasteiger partial charge in [-0.3, -0.25) is 14.4 Å². The Bertz CT molecular complexity index is 1320. The van der Waals surface area contributed by atoms with Gasteiger partial charge in [0.15, 0.2) is 12.1 Å². The minimum atomic E-state index is -1.89. The van der Waals surface area contributed by atoms with E-state index in [0.29, 0.717) is 25.6 Å². The summed E-state index contributed by atoms with van der Waals surface area (Å²) in [6, 6.07) is -3.70. The molecule has 0 bridgehead atoms. The summed E-state index contributed by atoms with van der Waals surface area (Å²) in [6.07, 6.45) is -14.1. The first kappa shape index (κ1) is 54.6. The zero-order valence-corrected chi connectivity index (χ0v) is 37.2. The Morgan fingerprint density at radius 2 is 1.56 bits per heavy atom. The van der Waals surface area contributed by atoms with Gasteiger partial charge in [0, 0.05) is 39.1 Å². The van der Waals surface area contributed by atoms with Crippen LogP contribution in [0.25, 0.3) is 0 Å². The van der Waals surface area contributed by atoms with Crippen LogP contribution in [0.3, 0.4) is 0 Å². The number of alkyl carbamates (subject to hydrolysis) is 1. The first-order valence-corrected chi connectivity index (χ1v) is 21.5. The maximum Gasteiger partial charge on any atom is 0.407 e. The van der Waals surface area contributed by atoms with E-state index >= 15 is 0 Å². The van der Waals surface area contributed by atoms with Crippen molar-refractivity contribution < 1.29 is 87.7 Å². The Kier molecular flexibility index (Phi) is 24.8. The van der Waals surface area contributed by atoms with Crippen molar-refractivity contribution in [3.05, 3.63) is 0 Å². The predicted molar refractivity (Wildman–Crippen MR) is 217 cm³/mol. The summed E-state index contributed by atoms with van der Waals surface area (Å²) in [5.74, 6) is -3.27. The Balaban J connectivity index is 2.17. The van der Waals surface area contributed by atoms with Crippen LogP contribution in [0.4, 0.5) is 4.79 Å². The number of methoxy groups -OCH3 is 2. The standard InChI is InChI=1S/C38H70N4O18S/c1-20(2)33(21(3)4)59-36-29(40-22(5)44)32(50)31(49)26(58-36)18-57-38(6)15-24(45)28(34(60-38)30(48)25(46)17-43)42-27(47)16-39-35(51)23(41-37(52)56-12-10-54-8)19-61-14-13-55-11-9-53-7/h20-21,23-26,28-34,36,43,45-46,48-50H,9-19H2,1-8H3,(H,39,51)(H,40,44)(H,41,52)(H,42,47)/t23?,24-,25-,26?,28-,29?,30-,31+,32-,34?,36-,38+/m1/s1. The van der Waals surface area contributed by atoms with Crippen LogP contribution in [0, 0.1) is 11.8 Å². The third kappa shape index (κ3) is 18.3. The lowest BCUT2D eigenvalue weighted by Crippen LogP contribution is -2.67. The van der Waals surface area contributed by atoms with Crippen molar-refractivity contribution in [2.24, 2.45) is 11.8 Å². The van der Waals surface area contributed by atoms with Gasteiger partial charge < -0.3 is 89.8 Å². The molecule has 0 aromatic heterocycles. The summed E-state index contributed by atoms with van der Waals surface area (Å²) in [5, 5.41) is 74.6. The molecule has 356 valence electrons. The van der Waals surface area contributed by atoms with Crippen molar-refractivity contribution in [1.29, 1.82) is 0 Å². The van der Waals surface area contributed by atoms with Gasteiger partial charge >= 0.3 is 6.09 Å². The Morgan fingerprint density at radius 3 is 2.16 bits per heavy atom. The van der Waals surface area contributed by atoms with E-state index in [2.05, 4.69) is 21.3 Å². The zero-order chi connectivity index (χ0) is 45.9. The van der Waals surface area contributed by atoms with Crippen LogP contribution in [0.1, 0.15) is 48.0 Å². The normalized spacial score (nSPS) is 28.3. The molecule has 2 aliphatic heterocycles. The first-order chi connectivity index (χ1) is 28.8. The lowest BCUT2D eigenvalue weighted by Gasteiger charge is -2.48. The largest absolute Gasteiger partial charge is 0.447 e. The van der Waals surface area contributed by atoms with Crippen LogP contribution in [0.5, 0.6) is 0 Å². The summed E-state index contributed by atoms with van der Waals surface area (Å²) in [5.41, 5.74) is 0. The number of aliphatic hydroxyl groups excluding tert-OH is 6. The molecule has 0 radical (unpaired) electrons. The fourth-order valence-electron chi connectivity index (χ4n) is 6.76. The minimum absolute atomic E-state index is 0.0150. The van der Waals surface area contributed by atoms with Gasteiger partial charge in [0.05, 0.1) is 64.4 Å². The number of carbonyl (C=O) groups is 4. The predicted octanol–water partition coefficient (Wildman–Crippen LogP) is -3.03. The fourth-order valence-corrected chi connectivity index (χ4v) is 7.63. The van der Waals surface area contributed by atoms with Gasteiger partial charge in [-0.1, -0.05) is 27.7 Å². The average Bonchev–Trinajstić information content (AvgIpc) is 3.20. The van der Waals surface area contributed by atoms with Crippen LogP contribution in [0.2, 0.25) is 0 Å². The number of rotatable bonds is 27. The van der Waals surface area contributed by atoms with Crippen molar-refractivity contribution in [3.8, 4) is 0 Å². The number of nitrogens with one attached hydrogen (secondary N) is 4. The average molecular weight is 903 g/mol. The number of ether oxygens (including phenoxy) is 8. The van der Waals surface area contributed by atoms with Crippen LogP contribution in [-0.4, -0.2) is 212 Å². The second-order valence-electron chi connectivity index (χ2n) is 15.7. The molecule has 0 aromatic rings. The number of hydrogen-bond acceptors (Lipinski definition) is 19. The van der Waals surface area contributed by atoms with E-state index in [0.717, 1.165) is 0 Å². The monoisotopic (exact) mass is 902 g/mol. The van der Waals surface area contributed by atoms with E-state index in [-0.39, 0.29) is 43.3 Å². The Labute approximate surface area is 361 Å². The van der Waals surface area contributed by atoms with E-state index in [1.807, 2.05) is 27.7 Å². The highest BCUT2D eigenvalue weighted by Gasteiger charge is 2.52. The molecule has 0 spiro atoms. The van der Waals surface area contributed by atoms with Gasteiger partial charge in [-0.2, -0.15) is 11.8 Å². The highest BCUT2D eigenvalue weighted by Crippen LogP contribution is 2.34. The molecule has 22 nitrogen and oxygen atoms in total. The summed E-state index contributed by atoms with van der Waals surface area (Å²) >= 11 is 1.30. The van der Waals surface area contributed by atoms with E-state index in [4.69, 9.17) is 37.9 Å². The highest BCUT2D eigenvalue weighted by atomic mass is 32.2. The molecule has 12 atom stereocenters. The quantitative estimate of drug-likeness (QED) is 0.0367. The third-order valence-electron chi connectivity index (χ3n) is 9.85. The highest BCUT2D eigenvalue weighted by molar-refractivity contribution is 7.99. The second kappa shape index (κ2) is 27.6. The summed E-state index contributed by atoms with van der Waals surface area (Å²) in [4.78, 5) is 50.8. The summed E-state index contributed by atoms with van der Waals surface area (Å²) < 4.78 is 44.7. The van der Waals surface area contributed by atoms with E-state index in [9.17, 15) is 49.8 Å². The Morgan fingerprint density at radius 1 is 0.902 bits per heavy atom. The van der Waals surface area contributed by atoms with Gasteiger partial charge in [-0.05, 0) is 18.8 Å². The molecule has 2 fully saturated rings. The van der Waals surface area contributed by atoms with Crippen molar-refractivity contribution in [2.75, 3.05) is 78.5 Å². The van der Waals surface area contributed by atoms with Gasteiger partial charge in [0.25, 0.3) is 0 Å². The summed E-state index contributed by atoms with van der Waals surface area (Å²) in [6.45, 7) is 9.56. The molecule has 2 saturated heterocycles. The van der Waals surface area contributed by atoms with Crippen LogP contribution in [0.15, 0.2) is 0 Å². The number of amides is 4. The van der Waals surface area contributed by atoms with Gasteiger partial charge in [0.1, 0.15) is 55.3 Å². The molecule has 61 heavy (non-hydrogen) atoms. The third-order valence-corrected chi connectivity index (χ3v) is 10.9. The van der Waals surface area contributed by atoms with Gasteiger partial charge in [-0.25, -0.2) is 4.79 Å². The SMILES string of the molecule is COCCOCCSCC(NC(=O)OCCOC)C(=O)NCC(=O)N[C@H]1C([C@H](O)[C@H](O)CO)O[C@](C)(OCC2O[C@H](OC(C(C)C)C(C)C)C(NC(C)=O)[C@@H](O)[C@H]2O)C[C@H]1O. The minimum Gasteiger partial charge on any atom is -0.447 e. The van der Waals surface area contributed by atoms with Crippen molar-refractivity contribution in [1.82, 2.24) is 21.3 Å². The number of carbonyl (C=O) groups excluding carboxylic acids is 4. The van der Waals surface area contributed by atoms with Crippen LogP contribution < -0.4 is 21.3 Å². The lowest BCUT2D eigenvalue weighted by molar-refractivity contribution is -0.336.